The monoisotopic (exact) mass is 354 g/mol. The molecule has 7 nitrogen and oxygen atoms in total. The molecule has 1 aromatic carbocycles. The molecule has 0 unspecified atom stereocenters. The lowest BCUT2D eigenvalue weighted by atomic mass is 10.1. The number of aryl methyl sites for hydroxylation is 2. The van der Waals surface area contributed by atoms with E-state index in [1.165, 1.54) is 6.07 Å². The number of aromatic amines is 1. The Morgan fingerprint density at radius 2 is 2.15 bits per heavy atom. The van der Waals surface area contributed by atoms with Gasteiger partial charge in [0.05, 0.1) is 5.69 Å². The first-order valence-corrected chi connectivity index (χ1v) is 8.44. The number of H-pyrrole nitrogens is 1. The van der Waals surface area contributed by atoms with Crippen LogP contribution < -0.4 is 10.6 Å². The minimum Gasteiger partial charge on any atom is -0.320 e. The van der Waals surface area contributed by atoms with Crippen molar-refractivity contribution in [3.05, 3.63) is 58.4 Å². The van der Waals surface area contributed by atoms with Crippen LogP contribution in [0.1, 0.15) is 33.1 Å². The van der Waals surface area contributed by atoms with Gasteiger partial charge in [-0.25, -0.2) is 9.07 Å². The number of carbonyl (C=O) groups excluding carboxylic acids is 1. The molecule has 0 aliphatic carbocycles. The molecule has 0 saturated heterocycles. The van der Waals surface area contributed by atoms with Gasteiger partial charge >= 0.3 is 0 Å². The second kappa shape index (κ2) is 6.38. The first-order valence-electron chi connectivity index (χ1n) is 8.44. The van der Waals surface area contributed by atoms with E-state index < -0.39 is 5.82 Å². The fourth-order valence-corrected chi connectivity index (χ4v) is 3.23. The van der Waals surface area contributed by atoms with Crippen LogP contribution in [-0.2, 0) is 13.0 Å². The van der Waals surface area contributed by atoms with Gasteiger partial charge in [0, 0.05) is 42.1 Å². The third-order valence-corrected chi connectivity index (χ3v) is 4.46. The molecule has 0 atom stereocenters. The van der Waals surface area contributed by atoms with E-state index in [4.69, 9.17) is 0 Å². The van der Waals surface area contributed by atoms with Crippen LogP contribution in [0.25, 0.3) is 5.69 Å². The van der Waals surface area contributed by atoms with Crippen LogP contribution in [0, 0.1) is 19.7 Å². The average molecular weight is 354 g/mol. The number of anilines is 1. The summed E-state index contributed by atoms with van der Waals surface area (Å²) in [5, 5.41) is 17.2. The SMILES string of the molecule is Cc1cc(C)n(-c2ccc(NC(=O)c3n[nH]c4c3CNCC4)cc2F)n1. The molecule has 0 saturated carbocycles. The molecule has 3 aromatic rings. The van der Waals surface area contributed by atoms with Crippen molar-refractivity contribution >= 4 is 11.6 Å². The lowest BCUT2D eigenvalue weighted by molar-refractivity contribution is 0.102. The van der Waals surface area contributed by atoms with Gasteiger partial charge in [-0.15, -0.1) is 0 Å². The molecule has 2 aromatic heterocycles. The van der Waals surface area contributed by atoms with E-state index in [-0.39, 0.29) is 5.91 Å². The van der Waals surface area contributed by atoms with Crippen molar-refractivity contribution in [2.24, 2.45) is 0 Å². The standard InChI is InChI=1S/C18H19FN6O/c1-10-7-11(2)25(24-10)16-4-3-12(8-14(16)19)21-18(26)17-13-9-20-6-5-15(13)22-23-17/h3-4,7-8,20H,5-6,9H2,1-2H3,(H,21,26)(H,22,23). The maximum absolute atomic E-state index is 14.5. The smallest absolute Gasteiger partial charge is 0.276 e. The quantitative estimate of drug-likeness (QED) is 0.673. The second-order valence-corrected chi connectivity index (χ2v) is 6.42. The molecule has 4 rings (SSSR count). The zero-order chi connectivity index (χ0) is 18.3. The molecule has 1 aliphatic rings. The third kappa shape index (κ3) is 2.88. The Labute approximate surface area is 149 Å². The highest BCUT2D eigenvalue weighted by Crippen LogP contribution is 2.21. The average Bonchev–Trinajstić information content (AvgIpc) is 3.18. The van der Waals surface area contributed by atoms with E-state index in [2.05, 4.69) is 25.9 Å². The summed E-state index contributed by atoms with van der Waals surface area (Å²) >= 11 is 0. The van der Waals surface area contributed by atoms with E-state index in [1.807, 2.05) is 19.9 Å². The van der Waals surface area contributed by atoms with Gasteiger partial charge in [0.25, 0.3) is 5.91 Å². The summed E-state index contributed by atoms with van der Waals surface area (Å²) < 4.78 is 16.1. The molecular formula is C18H19FN6O. The molecule has 26 heavy (non-hydrogen) atoms. The molecule has 0 radical (unpaired) electrons. The Bertz CT molecular complexity index is 990. The molecule has 3 N–H and O–H groups in total. The highest BCUT2D eigenvalue weighted by Gasteiger charge is 2.22. The maximum Gasteiger partial charge on any atom is 0.276 e. The fraction of sp³-hybridized carbons (Fsp3) is 0.278. The summed E-state index contributed by atoms with van der Waals surface area (Å²) in [6.45, 7) is 5.17. The first kappa shape index (κ1) is 16.5. The number of nitrogens with one attached hydrogen (secondary N) is 3. The number of rotatable bonds is 3. The van der Waals surface area contributed by atoms with Gasteiger partial charge in [-0.3, -0.25) is 9.89 Å². The van der Waals surface area contributed by atoms with Crippen molar-refractivity contribution in [2.75, 3.05) is 11.9 Å². The van der Waals surface area contributed by atoms with Crippen molar-refractivity contribution < 1.29 is 9.18 Å². The van der Waals surface area contributed by atoms with Gasteiger partial charge in [0.2, 0.25) is 0 Å². The van der Waals surface area contributed by atoms with E-state index in [0.29, 0.717) is 23.6 Å². The minimum absolute atomic E-state index is 0.343. The van der Waals surface area contributed by atoms with Crippen LogP contribution in [0.2, 0.25) is 0 Å². The van der Waals surface area contributed by atoms with Crippen molar-refractivity contribution in [2.45, 2.75) is 26.8 Å². The highest BCUT2D eigenvalue weighted by atomic mass is 19.1. The molecule has 1 amide bonds. The zero-order valence-electron chi connectivity index (χ0n) is 14.6. The normalized spacial score (nSPS) is 13.5. The van der Waals surface area contributed by atoms with Crippen molar-refractivity contribution in [1.82, 2.24) is 25.3 Å². The maximum atomic E-state index is 14.5. The molecule has 0 fully saturated rings. The summed E-state index contributed by atoms with van der Waals surface area (Å²) in [6, 6.07) is 6.43. The number of nitrogens with zero attached hydrogens (tertiary/aromatic N) is 3. The van der Waals surface area contributed by atoms with E-state index >= 15 is 0 Å². The molecule has 1 aliphatic heterocycles. The molecule has 3 heterocycles. The van der Waals surface area contributed by atoms with Crippen molar-refractivity contribution in [1.29, 1.82) is 0 Å². The molecule has 0 bridgehead atoms. The largest absolute Gasteiger partial charge is 0.320 e. The van der Waals surface area contributed by atoms with E-state index in [1.54, 1.807) is 16.8 Å². The number of amides is 1. The molecule has 0 spiro atoms. The molecule has 134 valence electrons. The number of aromatic nitrogens is 4. The number of carbonyl (C=O) groups is 1. The Morgan fingerprint density at radius 1 is 1.31 bits per heavy atom. The van der Waals surface area contributed by atoms with Gasteiger partial charge in [0.1, 0.15) is 5.69 Å². The Morgan fingerprint density at radius 3 is 2.88 bits per heavy atom. The number of hydrogen-bond donors (Lipinski definition) is 3. The number of halogens is 1. The summed E-state index contributed by atoms with van der Waals surface area (Å²) in [5.41, 5.74) is 4.56. The Balaban J connectivity index is 1.57. The third-order valence-electron chi connectivity index (χ3n) is 4.46. The summed E-state index contributed by atoms with van der Waals surface area (Å²) in [5.74, 6) is -0.816. The topological polar surface area (TPSA) is 87.6 Å². The predicted octanol–water partition coefficient (Wildman–Crippen LogP) is 2.25. The lowest BCUT2D eigenvalue weighted by Gasteiger charge is -2.13. The van der Waals surface area contributed by atoms with Gasteiger partial charge in [-0.05, 0) is 38.1 Å². The van der Waals surface area contributed by atoms with Gasteiger partial charge in [-0.1, -0.05) is 0 Å². The highest BCUT2D eigenvalue weighted by molar-refractivity contribution is 6.04. The first-order chi connectivity index (χ1) is 12.5. The van der Waals surface area contributed by atoms with Gasteiger partial charge < -0.3 is 10.6 Å². The Hall–Kier alpha value is -3.00. The van der Waals surface area contributed by atoms with Crippen LogP contribution >= 0.6 is 0 Å². The van der Waals surface area contributed by atoms with Gasteiger partial charge in [0.15, 0.2) is 11.5 Å². The van der Waals surface area contributed by atoms with Crippen molar-refractivity contribution in [3.8, 4) is 5.69 Å². The van der Waals surface area contributed by atoms with Crippen LogP contribution in [-0.4, -0.2) is 32.4 Å². The summed E-state index contributed by atoms with van der Waals surface area (Å²) in [6.07, 6.45) is 0.807. The van der Waals surface area contributed by atoms with Crippen LogP contribution in [0.4, 0.5) is 10.1 Å². The van der Waals surface area contributed by atoms with E-state index in [9.17, 15) is 9.18 Å². The predicted molar refractivity (Wildman–Crippen MR) is 94.9 cm³/mol. The van der Waals surface area contributed by atoms with E-state index in [0.717, 1.165) is 35.6 Å². The number of fused-ring (bicyclic) bond motifs is 1. The molecule has 8 heteroatoms. The number of benzene rings is 1. The van der Waals surface area contributed by atoms with Crippen LogP contribution in [0.3, 0.4) is 0 Å². The van der Waals surface area contributed by atoms with Gasteiger partial charge in [-0.2, -0.15) is 10.2 Å². The number of hydrogen-bond acceptors (Lipinski definition) is 4. The summed E-state index contributed by atoms with van der Waals surface area (Å²) in [7, 11) is 0. The summed E-state index contributed by atoms with van der Waals surface area (Å²) in [4.78, 5) is 12.5. The lowest BCUT2D eigenvalue weighted by Crippen LogP contribution is -2.25. The molecular weight excluding hydrogens is 335 g/mol. The minimum atomic E-state index is -0.459. The Kier molecular flexibility index (Phi) is 4.04. The second-order valence-electron chi connectivity index (χ2n) is 6.42. The van der Waals surface area contributed by atoms with Crippen molar-refractivity contribution in [3.63, 3.8) is 0 Å². The van der Waals surface area contributed by atoms with Crippen LogP contribution in [0.15, 0.2) is 24.3 Å². The fourth-order valence-electron chi connectivity index (χ4n) is 3.23. The zero-order valence-corrected chi connectivity index (χ0v) is 14.6. The van der Waals surface area contributed by atoms with Crippen LogP contribution in [0.5, 0.6) is 0 Å².